The number of likely N-dealkylation sites (tertiary alicyclic amines) is 1. The normalized spacial score (nSPS) is 20.0. The molecule has 1 saturated carbocycles. The standard InChI is InChI=1S/C30H31FN2O3/c1-36-30(35)21-11-12-25-26(16-21)33-17-22(29(34)32-14-13-23(31)18-32)15-20-9-5-6-10-24(20)28(33)27(25)19-7-3-2-4-8-19/h5-6,9-12,15-16,19,23H,2-4,7-8,13-14,17-18H2,1H3/t23-/m1/s1. The van der Waals surface area contributed by atoms with Gasteiger partial charge in [0.1, 0.15) is 6.17 Å². The van der Waals surface area contributed by atoms with E-state index >= 15 is 0 Å². The fourth-order valence-electron chi connectivity index (χ4n) is 6.36. The number of esters is 1. The minimum Gasteiger partial charge on any atom is -0.465 e. The first kappa shape index (κ1) is 23.0. The molecular weight excluding hydrogens is 455 g/mol. The largest absolute Gasteiger partial charge is 0.465 e. The lowest BCUT2D eigenvalue weighted by atomic mass is 9.81. The Morgan fingerprint density at radius 3 is 2.58 bits per heavy atom. The summed E-state index contributed by atoms with van der Waals surface area (Å²) in [6.45, 7) is 0.971. The third-order valence-corrected chi connectivity index (χ3v) is 8.11. The lowest BCUT2D eigenvalue weighted by Gasteiger charge is -2.24. The van der Waals surface area contributed by atoms with Gasteiger partial charge < -0.3 is 14.2 Å². The zero-order valence-electron chi connectivity index (χ0n) is 20.6. The third-order valence-electron chi connectivity index (χ3n) is 8.11. The van der Waals surface area contributed by atoms with Crippen LogP contribution in [0.25, 0.3) is 28.2 Å². The number of benzene rings is 2. The smallest absolute Gasteiger partial charge is 0.337 e. The maximum Gasteiger partial charge on any atom is 0.337 e. The van der Waals surface area contributed by atoms with E-state index in [-0.39, 0.29) is 18.4 Å². The molecule has 186 valence electrons. The first-order chi connectivity index (χ1) is 17.5. The van der Waals surface area contributed by atoms with Crippen LogP contribution in [-0.4, -0.2) is 47.7 Å². The Bertz CT molecular complexity index is 1380. The van der Waals surface area contributed by atoms with E-state index in [1.807, 2.05) is 30.3 Å². The van der Waals surface area contributed by atoms with Crippen LogP contribution in [0.3, 0.4) is 0 Å². The maximum atomic E-state index is 14.0. The predicted molar refractivity (Wildman–Crippen MR) is 139 cm³/mol. The SMILES string of the molecule is COC(=O)c1ccc2c(C3CCCCC3)c3n(c2c1)CC(C(=O)N1CC[C@@H](F)C1)=Cc1ccccc1-3. The van der Waals surface area contributed by atoms with Gasteiger partial charge in [0.2, 0.25) is 0 Å². The van der Waals surface area contributed by atoms with Gasteiger partial charge in [-0.3, -0.25) is 4.79 Å². The number of hydrogen-bond acceptors (Lipinski definition) is 3. The van der Waals surface area contributed by atoms with Crippen LogP contribution in [0.4, 0.5) is 4.39 Å². The molecule has 6 rings (SSSR count). The molecule has 1 amide bonds. The number of carbonyl (C=O) groups excluding carboxylic acids is 2. The number of amides is 1. The number of carbonyl (C=O) groups is 2. The van der Waals surface area contributed by atoms with Gasteiger partial charge >= 0.3 is 5.97 Å². The zero-order valence-corrected chi connectivity index (χ0v) is 20.6. The molecule has 3 aliphatic rings. The van der Waals surface area contributed by atoms with E-state index in [1.165, 1.54) is 31.9 Å². The molecule has 3 aromatic rings. The average molecular weight is 487 g/mol. The molecule has 36 heavy (non-hydrogen) atoms. The highest BCUT2D eigenvalue weighted by molar-refractivity contribution is 6.03. The van der Waals surface area contributed by atoms with E-state index in [1.54, 1.807) is 4.90 Å². The Labute approximate surface area is 210 Å². The number of fused-ring (bicyclic) bond motifs is 5. The van der Waals surface area contributed by atoms with E-state index < -0.39 is 6.17 Å². The molecule has 1 aliphatic carbocycles. The van der Waals surface area contributed by atoms with Crippen molar-refractivity contribution in [2.45, 2.75) is 57.2 Å². The molecule has 0 unspecified atom stereocenters. The lowest BCUT2D eigenvalue weighted by Crippen LogP contribution is -2.31. The van der Waals surface area contributed by atoms with Crippen LogP contribution in [0.15, 0.2) is 48.0 Å². The number of ether oxygens (including phenoxy) is 1. The van der Waals surface area contributed by atoms with E-state index in [4.69, 9.17) is 4.74 Å². The summed E-state index contributed by atoms with van der Waals surface area (Å²) in [5.41, 5.74) is 6.64. The zero-order chi connectivity index (χ0) is 24.8. The third kappa shape index (κ3) is 3.83. The second kappa shape index (κ2) is 9.23. The van der Waals surface area contributed by atoms with Crippen molar-refractivity contribution >= 4 is 28.9 Å². The summed E-state index contributed by atoms with van der Waals surface area (Å²) >= 11 is 0. The Morgan fingerprint density at radius 1 is 1.03 bits per heavy atom. The number of methoxy groups -OCH3 is 1. The average Bonchev–Trinajstić information content (AvgIpc) is 3.43. The molecule has 0 N–H and O–H groups in total. The van der Waals surface area contributed by atoms with Crippen molar-refractivity contribution in [3.63, 3.8) is 0 Å². The Kier molecular flexibility index (Phi) is 5.90. The minimum atomic E-state index is -0.962. The number of rotatable bonds is 3. The molecule has 1 saturated heterocycles. The predicted octanol–water partition coefficient (Wildman–Crippen LogP) is 6.11. The van der Waals surface area contributed by atoms with Crippen molar-refractivity contribution in [3.05, 3.63) is 64.7 Å². The summed E-state index contributed by atoms with van der Waals surface area (Å²) in [6.07, 6.45) is 7.36. The van der Waals surface area contributed by atoms with E-state index in [0.29, 0.717) is 36.6 Å². The van der Waals surface area contributed by atoms with Gasteiger partial charge in [0.25, 0.3) is 5.91 Å². The molecule has 1 aromatic heterocycles. The molecular formula is C30H31FN2O3. The van der Waals surface area contributed by atoms with Gasteiger partial charge in [-0.1, -0.05) is 49.6 Å². The molecule has 2 aromatic carbocycles. The van der Waals surface area contributed by atoms with Crippen LogP contribution in [0.1, 0.15) is 65.9 Å². The van der Waals surface area contributed by atoms with Crippen molar-refractivity contribution in [1.82, 2.24) is 9.47 Å². The molecule has 2 aliphatic heterocycles. The molecule has 0 bridgehead atoms. The van der Waals surface area contributed by atoms with Crippen LogP contribution in [0, 0.1) is 0 Å². The number of hydrogen-bond donors (Lipinski definition) is 0. The van der Waals surface area contributed by atoms with Gasteiger partial charge in [-0.2, -0.15) is 0 Å². The van der Waals surface area contributed by atoms with Gasteiger partial charge in [0, 0.05) is 28.6 Å². The van der Waals surface area contributed by atoms with E-state index in [2.05, 4.69) is 22.8 Å². The van der Waals surface area contributed by atoms with Gasteiger partial charge in [0.05, 0.1) is 31.5 Å². The molecule has 0 spiro atoms. The number of alkyl halides is 1. The molecule has 2 fully saturated rings. The molecule has 3 heterocycles. The van der Waals surface area contributed by atoms with Gasteiger partial charge in [-0.05, 0) is 54.5 Å². The van der Waals surface area contributed by atoms with Gasteiger partial charge in [0.15, 0.2) is 0 Å². The second-order valence-corrected chi connectivity index (χ2v) is 10.3. The van der Waals surface area contributed by atoms with Crippen molar-refractivity contribution in [2.24, 2.45) is 0 Å². The first-order valence-corrected chi connectivity index (χ1v) is 13.0. The van der Waals surface area contributed by atoms with Gasteiger partial charge in [-0.25, -0.2) is 9.18 Å². The molecule has 0 radical (unpaired) electrons. The second-order valence-electron chi connectivity index (χ2n) is 10.3. The van der Waals surface area contributed by atoms with Gasteiger partial charge in [-0.15, -0.1) is 0 Å². The van der Waals surface area contributed by atoms with Crippen LogP contribution in [0.5, 0.6) is 0 Å². The van der Waals surface area contributed by atoms with E-state index in [9.17, 15) is 14.0 Å². The fourth-order valence-corrected chi connectivity index (χ4v) is 6.36. The summed E-state index contributed by atoms with van der Waals surface area (Å²) in [7, 11) is 1.39. The Morgan fingerprint density at radius 2 is 1.83 bits per heavy atom. The highest BCUT2D eigenvalue weighted by Gasteiger charge is 2.33. The van der Waals surface area contributed by atoms with Crippen LogP contribution < -0.4 is 0 Å². The number of halogens is 1. The number of nitrogens with zero attached hydrogens (tertiary/aromatic N) is 2. The summed E-state index contributed by atoms with van der Waals surface area (Å²) < 4.78 is 21.2. The topological polar surface area (TPSA) is 51.5 Å². The summed E-state index contributed by atoms with van der Waals surface area (Å²) in [4.78, 5) is 27.7. The van der Waals surface area contributed by atoms with Crippen molar-refractivity contribution in [2.75, 3.05) is 20.2 Å². The fraction of sp³-hybridized carbons (Fsp3) is 0.400. The maximum absolute atomic E-state index is 14.0. The summed E-state index contributed by atoms with van der Waals surface area (Å²) in [6, 6.07) is 14.0. The van der Waals surface area contributed by atoms with Crippen LogP contribution in [-0.2, 0) is 16.1 Å². The highest BCUT2D eigenvalue weighted by Crippen LogP contribution is 2.46. The molecule has 1 atom stereocenters. The monoisotopic (exact) mass is 486 g/mol. The Balaban J connectivity index is 1.58. The first-order valence-electron chi connectivity index (χ1n) is 13.0. The number of aromatic nitrogens is 1. The van der Waals surface area contributed by atoms with E-state index in [0.717, 1.165) is 40.6 Å². The minimum absolute atomic E-state index is 0.108. The van der Waals surface area contributed by atoms with Crippen molar-refractivity contribution in [1.29, 1.82) is 0 Å². The summed E-state index contributed by atoms with van der Waals surface area (Å²) in [5.74, 6) is -0.0563. The molecule has 5 nitrogen and oxygen atoms in total. The van der Waals surface area contributed by atoms with Crippen LogP contribution >= 0.6 is 0 Å². The lowest BCUT2D eigenvalue weighted by molar-refractivity contribution is -0.126. The Hall–Kier alpha value is -3.41. The van der Waals surface area contributed by atoms with Crippen molar-refractivity contribution < 1.29 is 18.7 Å². The quantitative estimate of drug-likeness (QED) is 0.420. The van der Waals surface area contributed by atoms with Crippen molar-refractivity contribution in [3.8, 4) is 11.3 Å². The molecule has 6 heteroatoms. The van der Waals surface area contributed by atoms with Crippen LogP contribution in [0.2, 0.25) is 0 Å². The highest BCUT2D eigenvalue weighted by atomic mass is 19.1. The summed E-state index contributed by atoms with van der Waals surface area (Å²) in [5, 5.41) is 1.14.